The van der Waals surface area contributed by atoms with E-state index in [9.17, 15) is 19.1 Å². The Bertz CT molecular complexity index is 1050. The summed E-state index contributed by atoms with van der Waals surface area (Å²) >= 11 is 0. The molecule has 0 spiro atoms. The van der Waals surface area contributed by atoms with Crippen LogP contribution in [0.1, 0.15) is 31.0 Å². The number of para-hydroxylation sites is 1. The topological polar surface area (TPSA) is 79.3 Å². The van der Waals surface area contributed by atoms with Crippen molar-refractivity contribution in [3.8, 4) is 11.5 Å². The van der Waals surface area contributed by atoms with Crippen molar-refractivity contribution in [1.82, 2.24) is 9.80 Å². The number of carbonyl (C=O) groups is 2. The van der Waals surface area contributed by atoms with Crippen molar-refractivity contribution >= 4 is 17.4 Å². The van der Waals surface area contributed by atoms with E-state index in [0.29, 0.717) is 23.6 Å². The highest BCUT2D eigenvalue weighted by atomic mass is 19.1. The van der Waals surface area contributed by atoms with E-state index in [4.69, 9.17) is 9.47 Å². The number of Topliss-reactive ketones (excluding diaryl/α,β-unsaturated/α-hetero) is 1. The molecule has 1 aliphatic rings. The first-order chi connectivity index (χ1) is 15.9. The Morgan fingerprint density at radius 3 is 2.30 bits per heavy atom. The predicted molar refractivity (Wildman–Crippen MR) is 123 cm³/mol. The molecule has 33 heavy (non-hydrogen) atoms. The number of hydrogen-bond donors (Lipinski definition) is 1. The number of likely N-dealkylation sites (tertiary alicyclic amines) is 1. The van der Waals surface area contributed by atoms with Crippen LogP contribution in [-0.2, 0) is 9.59 Å². The lowest BCUT2D eigenvalue weighted by Gasteiger charge is -2.29. The molecule has 1 amide bonds. The number of carbonyl (C=O) groups excluding carboxylic acids is 2. The Balaban J connectivity index is 2.19. The summed E-state index contributed by atoms with van der Waals surface area (Å²) in [6, 6.07) is 9.40. The molecule has 176 valence electrons. The lowest BCUT2D eigenvalue weighted by atomic mass is 9.94. The number of likely N-dealkylation sites (N-methyl/N-ethyl adjacent to an activating group) is 1. The highest BCUT2D eigenvalue weighted by Crippen LogP contribution is 2.45. The van der Waals surface area contributed by atoms with Crippen molar-refractivity contribution in [1.29, 1.82) is 0 Å². The van der Waals surface area contributed by atoms with Gasteiger partial charge >= 0.3 is 0 Å². The molecule has 0 radical (unpaired) electrons. The molecule has 1 N–H and O–H groups in total. The normalized spacial score (nSPS) is 17.6. The van der Waals surface area contributed by atoms with Crippen LogP contribution < -0.4 is 9.47 Å². The lowest BCUT2D eigenvalue weighted by Crippen LogP contribution is -2.38. The zero-order valence-corrected chi connectivity index (χ0v) is 19.3. The maximum Gasteiger partial charge on any atom is 0.295 e. The molecule has 1 saturated heterocycles. The summed E-state index contributed by atoms with van der Waals surface area (Å²) in [5.41, 5.74) is 0.682. The van der Waals surface area contributed by atoms with Crippen molar-refractivity contribution in [2.75, 3.05) is 40.4 Å². The molecule has 0 saturated carbocycles. The third-order valence-corrected chi connectivity index (χ3v) is 5.94. The summed E-state index contributed by atoms with van der Waals surface area (Å²) in [4.78, 5) is 29.9. The monoisotopic (exact) mass is 456 g/mol. The van der Waals surface area contributed by atoms with E-state index >= 15 is 0 Å². The van der Waals surface area contributed by atoms with Gasteiger partial charge in [-0.15, -0.1) is 0 Å². The van der Waals surface area contributed by atoms with E-state index in [1.165, 1.54) is 43.4 Å². The zero-order valence-electron chi connectivity index (χ0n) is 19.3. The van der Waals surface area contributed by atoms with Crippen molar-refractivity contribution in [2.24, 2.45) is 0 Å². The summed E-state index contributed by atoms with van der Waals surface area (Å²) in [7, 11) is 2.97. The Morgan fingerprint density at radius 1 is 1.06 bits per heavy atom. The SMILES string of the molecule is CCN(CC)CCN1C(=O)C(=O)C(=C(O)c2ccc(F)cc2)[C@@H]1c1cccc(OC)c1OC. The number of rotatable bonds is 9. The summed E-state index contributed by atoms with van der Waals surface area (Å²) in [5.74, 6) is -1.55. The molecule has 1 heterocycles. The van der Waals surface area contributed by atoms with E-state index in [2.05, 4.69) is 4.90 Å². The number of hydrogen-bond acceptors (Lipinski definition) is 6. The molecule has 1 atom stereocenters. The molecule has 1 aliphatic heterocycles. The minimum atomic E-state index is -0.893. The van der Waals surface area contributed by atoms with E-state index in [0.717, 1.165) is 13.1 Å². The molecule has 0 aliphatic carbocycles. The third kappa shape index (κ3) is 4.71. The van der Waals surface area contributed by atoms with Gasteiger partial charge in [0.05, 0.1) is 25.8 Å². The second-order valence-corrected chi connectivity index (χ2v) is 7.61. The van der Waals surface area contributed by atoms with Crippen molar-refractivity contribution in [3.05, 3.63) is 65.0 Å². The van der Waals surface area contributed by atoms with Crippen LogP contribution in [0.3, 0.4) is 0 Å². The fraction of sp³-hybridized carbons (Fsp3) is 0.360. The number of halogens is 1. The second-order valence-electron chi connectivity index (χ2n) is 7.61. The summed E-state index contributed by atoms with van der Waals surface area (Å²) < 4.78 is 24.4. The Labute approximate surface area is 193 Å². The molecule has 0 aromatic heterocycles. The molecule has 3 rings (SSSR count). The molecular formula is C25H29FN2O5. The fourth-order valence-corrected chi connectivity index (χ4v) is 4.11. The number of benzene rings is 2. The molecular weight excluding hydrogens is 427 g/mol. The average molecular weight is 457 g/mol. The number of aliphatic hydroxyl groups is 1. The van der Waals surface area contributed by atoms with E-state index < -0.39 is 23.5 Å². The number of amides is 1. The van der Waals surface area contributed by atoms with Gasteiger partial charge in [-0.2, -0.15) is 0 Å². The first kappa shape index (κ1) is 24.3. The minimum absolute atomic E-state index is 0.0716. The zero-order chi connectivity index (χ0) is 24.1. The Hall–Kier alpha value is -3.39. The number of ether oxygens (including phenoxy) is 2. The standard InChI is InChI=1S/C25H29FN2O5/c1-5-27(6-2)14-15-28-21(18-8-7-9-19(32-3)24(18)33-4)20(23(30)25(28)31)22(29)16-10-12-17(26)13-11-16/h7-13,21,29H,5-6,14-15H2,1-4H3/t21-/m0/s1. The third-order valence-electron chi connectivity index (χ3n) is 5.94. The van der Waals surface area contributed by atoms with Gasteiger partial charge in [0.2, 0.25) is 0 Å². The number of aliphatic hydroxyl groups excluding tert-OH is 1. The molecule has 7 nitrogen and oxygen atoms in total. The van der Waals surface area contributed by atoms with Gasteiger partial charge in [0, 0.05) is 24.2 Å². The van der Waals surface area contributed by atoms with E-state index in [-0.39, 0.29) is 23.4 Å². The van der Waals surface area contributed by atoms with Crippen LogP contribution >= 0.6 is 0 Å². The van der Waals surface area contributed by atoms with Gasteiger partial charge in [-0.25, -0.2) is 4.39 Å². The predicted octanol–water partition coefficient (Wildman–Crippen LogP) is 3.61. The van der Waals surface area contributed by atoms with Gasteiger partial charge in [-0.3, -0.25) is 9.59 Å². The first-order valence-electron chi connectivity index (χ1n) is 10.8. The number of ketones is 1. The summed E-state index contributed by atoms with van der Waals surface area (Å²) in [6.45, 7) is 6.46. The summed E-state index contributed by atoms with van der Waals surface area (Å²) in [5, 5.41) is 11.1. The van der Waals surface area contributed by atoms with Crippen LogP contribution in [-0.4, -0.2) is 67.0 Å². The number of methoxy groups -OCH3 is 2. The maximum atomic E-state index is 13.4. The smallest absolute Gasteiger partial charge is 0.295 e. The molecule has 8 heteroatoms. The van der Waals surface area contributed by atoms with E-state index in [1.807, 2.05) is 13.8 Å². The van der Waals surface area contributed by atoms with Crippen LogP contribution in [0.5, 0.6) is 11.5 Å². The molecule has 2 aromatic rings. The van der Waals surface area contributed by atoms with Gasteiger partial charge in [0.15, 0.2) is 11.5 Å². The maximum absolute atomic E-state index is 13.4. The van der Waals surface area contributed by atoms with Crippen molar-refractivity contribution in [3.63, 3.8) is 0 Å². The first-order valence-corrected chi connectivity index (χ1v) is 10.8. The van der Waals surface area contributed by atoms with Crippen molar-refractivity contribution in [2.45, 2.75) is 19.9 Å². The van der Waals surface area contributed by atoms with Crippen molar-refractivity contribution < 1.29 is 28.6 Å². The van der Waals surface area contributed by atoms with E-state index in [1.54, 1.807) is 18.2 Å². The molecule has 1 fully saturated rings. The second kappa shape index (κ2) is 10.5. The van der Waals surface area contributed by atoms with Crippen LogP contribution in [0.2, 0.25) is 0 Å². The molecule has 0 unspecified atom stereocenters. The number of nitrogens with zero attached hydrogens (tertiary/aromatic N) is 2. The van der Waals surface area contributed by atoms with Gasteiger partial charge in [0.1, 0.15) is 11.6 Å². The Morgan fingerprint density at radius 2 is 1.73 bits per heavy atom. The molecule has 2 aromatic carbocycles. The largest absolute Gasteiger partial charge is 0.507 e. The summed E-state index contributed by atoms with van der Waals surface area (Å²) in [6.07, 6.45) is 0. The van der Waals surface area contributed by atoms with Crippen LogP contribution in [0, 0.1) is 5.82 Å². The van der Waals surface area contributed by atoms with Gasteiger partial charge in [-0.05, 0) is 43.4 Å². The van der Waals surface area contributed by atoms with Crippen LogP contribution in [0.25, 0.3) is 5.76 Å². The quantitative estimate of drug-likeness (QED) is 0.353. The van der Waals surface area contributed by atoms with Gasteiger partial charge < -0.3 is 24.4 Å². The van der Waals surface area contributed by atoms with Crippen LogP contribution in [0.15, 0.2) is 48.0 Å². The van der Waals surface area contributed by atoms with Gasteiger partial charge in [-0.1, -0.05) is 26.0 Å². The Kier molecular flexibility index (Phi) is 7.71. The highest BCUT2D eigenvalue weighted by Gasteiger charge is 2.47. The average Bonchev–Trinajstić information content (AvgIpc) is 3.08. The molecule has 0 bridgehead atoms. The minimum Gasteiger partial charge on any atom is -0.507 e. The highest BCUT2D eigenvalue weighted by molar-refractivity contribution is 6.46. The van der Waals surface area contributed by atoms with Gasteiger partial charge in [0.25, 0.3) is 11.7 Å². The van der Waals surface area contributed by atoms with Crippen LogP contribution in [0.4, 0.5) is 4.39 Å². The fourth-order valence-electron chi connectivity index (χ4n) is 4.11. The lowest BCUT2D eigenvalue weighted by molar-refractivity contribution is -0.140.